The second kappa shape index (κ2) is 4.49. The summed E-state index contributed by atoms with van der Waals surface area (Å²) in [6.07, 6.45) is -2.56. The highest BCUT2D eigenvalue weighted by Gasteiger charge is 2.47. The van der Waals surface area contributed by atoms with E-state index in [1.54, 1.807) is 6.07 Å². The zero-order chi connectivity index (χ0) is 14.5. The molecule has 0 aromatic carbocycles. The molecule has 1 fully saturated rings. The van der Waals surface area contributed by atoms with Gasteiger partial charge < -0.3 is 9.88 Å². The first-order valence-electron chi connectivity index (χ1n) is 7.07. The number of halogens is 3. The highest BCUT2D eigenvalue weighted by molar-refractivity contribution is 5.29. The molecule has 3 rings (SSSR count). The molecule has 1 spiro atoms. The average Bonchev–Trinajstić information content (AvgIpc) is 2.82. The Kier molecular flexibility index (Phi) is 3.14. The van der Waals surface area contributed by atoms with Crippen molar-refractivity contribution in [1.82, 2.24) is 14.8 Å². The zero-order valence-electron chi connectivity index (χ0n) is 11.8. The van der Waals surface area contributed by atoms with Crippen molar-refractivity contribution in [2.24, 2.45) is 0 Å². The van der Waals surface area contributed by atoms with E-state index in [-0.39, 0.29) is 11.6 Å². The van der Waals surface area contributed by atoms with Crippen LogP contribution in [0.4, 0.5) is 13.2 Å². The van der Waals surface area contributed by atoms with Gasteiger partial charge in [0.2, 0.25) is 0 Å². The second-order valence-corrected chi connectivity index (χ2v) is 5.95. The normalized spacial score (nSPS) is 26.8. The highest BCUT2D eigenvalue weighted by atomic mass is 19.4. The number of nitrogens with zero attached hydrogens (tertiary/aromatic N) is 2. The van der Waals surface area contributed by atoms with Gasteiger partial charge in [0, 0.05) is 18.3 Å². The van der Waals surface area contributed by atoms with Crippen molar-refractivity contribution in [2.45, 2.75) is 44.1 Å². The summed E-state index contributed by atoms with van der Waals surface area (Å²) in [5, 5.41) is 3.30. The maximum absolute atomic E-state index is 13.1. The van der Waals surface area contributed by atoms with Crippen LogP contribution in [0.3, 0.4) is 0 Å². The number of rotatable bonds is 0. The fraction of sp³-hybridized carbons (Fsp3) is 0.714. The molecule has 0 radical (unpaired) electrons. The van der Waals surface area contributed by atoms with E-state index >= 15 is 0 Å². The molecule has 0 saturated carbocycles. The van der Waals surface area contributed by atoms with Crippen molar-refractivity contribution in [3.8, 4) is 0 Å². The van der Waals surface area contributed by atoms with E-state index < -0.39 is 11.9 Å². The van der Waals surface area contributed by atoms with Gasteiger partial charge in [0.1, 0.15) is 5.69 Å². The summed E-state index contributed by atoms with van der Waals surface area (Å²) in [4.78, 5) is 2.27. The summed E-state index contributed by atoms with van der Waals surface area (Å²) in [6.45, 7) is 4.11. The van der Waals surface area contributed by atoms with Gasteiger partial charge in [0.15, 0.2) is 0 Å². The number of alkyl halides is 3. The molecule has 6 heteroatoms. The largest absolute Gasteiger partial charge is 0.431 e. The number of hydrogen-bond acceptors (Lipinski definition) is 2. The van der Waals surface area contributed by atoms with Crippen molar-refractivity contribution in [1.29, 1.82) is 0 Å². The lowest BCUT2D eigenvalue weighted by atomic mass is 9.81. The Hall–Kier alpha value is -1.01. The summed E-state index contributed by atoms with van der Waals surface area (Å²) < 4.78 is 40.9. The first-order valence-corrected chi connectivity index (χ1v) is 7.07. The Morgan fingerprint density at radius 2 is 1.90 bits per heavy atom. The van der Waals surface area contributed by atoms with Crippen molar-refractivity contribution < 1.29 is 13.2 Å². The van der Waals surface area contributed by atoms with E-state index in [4.69, 9.17) is 0 Å². The molecular weight excluding hydrogens is 267 g/mol. The lowest BCUT2D eigenvalue weighted by Crippen LogP contribution is -2.58. The van der Waals surface area contributed by atoms with Gasteiger partial charge in [0.25, 0.3) is 0 Å². The van der Waals surface area contributed by atoms with Gasteiger partial charge in [-0.05, 0) is 52.0 Å². The van der Waals surface area contributed by atoms with Crippen LogP contribution in [0.2, 0.25) is 0 Å². The summed E-state index contributed by atoms with van der Waals surface area (Å²) in [6, 6.07) is 3.02. The molecule has 1 aromatic heterocycles. The minimum atomic E-state index is -4.28. The lowest BCUT2D eigenvalue weighted by Gasteiger charge is -2.51. The zero-order valence-corrected chi connectivity index (χ0v) is 11.8. The third-order valence-corrected chi connectivity index (χ3v) is 4.96. The number of likely N-dealkylation sites (N-methyl/N-ethyl adjacent to an activating group) is 1. The summed E-state index contributed by atoms with van der Waals surface area (Å²) >= 11 is 0. The van der Waals surface area contributed by atoms with Gasteiger partial charge in [-0.3, -0.25) is 4.90 Å². The van der Waals surface area contributed by atoms with E-state index in [9.17, 15) is 13.2 Å². The van der Waals surface area contributed by atoms with Crippen molar-refractivity contribution in [2.75, 3.05) is 20.1 Å². The highest BCUT2D eigenvalue weighted by Crippen LogP contribution is 2.44. The first-order chi connectivity index (χ1) is 9.36. The van der Waals surface area contributed by atoms with Crippen LogP contribution in [0.1, 0.15) is 31.2 Å². The van der Waals surface area contributed by atoms with Gasteiger partial charge in [-0.2, -0.15) is 13.2 Å². The molecule has 0 aliphatic carbocycles. The average molecular weight is 287 g/mol. The predicted octanol–water partition coefficient (Wildman–Crippen LogP) is 2.42. The quantitative estimate of drug-likeness (QED) is 0.791. The summed E-state index contributed by atoms with van der Waals surface area (Å²) in [5.41, 5.74) is 0.0594. The van der Waals surface area contributed by atoms with E-state index in [1.807, 2.05) is 14.0 Å². The van der Waals surface area contributed by atoms with Gasteiger partial charge >= 0.3 is 6.18 Å². The minimum Gasteiger partial charge on any atom is -0.338 e. The molecule has 20 heavy (non-hydrogen) atoms. The van der Waals surface area contributed by atoms with Crippen LogP contribution in [0.15, 0.2) is 12.1 Å². The van der Waals surface area contributed by atoms with Gasteiger partial charge in [-0.25, -0.2) is 0 Å². The third kappa shape index (κ3) is 1.89. The molecule has 1 N–H and O–H groups in total. The van der Waals surface area contributed by atoms with E-state index in [0.717, 1.165) is 31.6 Å². The molecule has 0 bridgehead atoms. The number of aromatic nitrogens is 1. The molecule has 0 amide bonds. The third-order valence-electron chi connectivity index (χ3n) is 4.96. The van der Waals surface area contributed by atoms with E-state index in [2.05, 4.69) is 10.2 Å². The van der Waals surface area contributed by atoms with Gasteiger partial charge in [-0.15, -0.1) is 0 Å². The Labute approximate surface area is 116 Å². The molecule has 2 aliphatic rings. The van der Waals surface area contributed by atoms with Crippen LogP contribution < -0.4 is 5.32 Å². The van der Waals surface area contributed by atoms with E-state index in [0.29, 0.717) is 6.54 Å². The fourth-order valence-corrected chi connectivity index (χ4v) is 3.76. The van der Waals surface area contributed by atoms with Crippen LogP contribution >= 0.6 is 0 Å². The molecule has 3 heterocycles. The number of hydrogen-bond donors (Lipinski definition) is 1. The van der Waals surface area contributed by atoms with Gasteiger partial charge in [0.05, 0.1) is 5.54 Å². The SMILES string of the molecule is C[C@@H]1Cn2c(C(F)(F)F)ccc2C2(CCNCC2)N1C. The standard InChI is InChI=1S/C14H20F3N3/c1-10-9-20-11(3-4-12(20)14(15,16)17)13(19(10)2)5-7-18-8-6-13/h3-4,10,18H,5-9H2,1-2H3/t10-/m1/s1. The van der Waals surface area contributed by atoms with E-state index in [1.165, 1.54) is 10.6 Å². The number of fused-ring (bicyclic) bond motifs is 2. The smallest absolute Gasteiger partial charge is 0.338 e. The summed E-state index contributed by atoms with van der Waals surface area (Å²) in [5.74, 6) is 0. The molecule has 1 aromatic rings. The van der Waals surface area contributed by atoms with Crippen molar-refractivity contribution in [3.05, 3.63) is 23.5 Å². The Balaban J connectivity index is 2.13. The maximum atomic E-state index is 13.1. The van der Waals surface area contributed by atoms with Crippen LogP contribution in [0, 0.1) is 0 Å². The van der Waals surface area contributed by atoms with Crippen LogP contribution in [-0.4, -0.2) is 35.6 Å². The van der Waals surface area contributed by atoms with Gasteiger partial charge in [-0.1, -0.05) is 0 Å². The predicted molar refractivity (Wildman–Crippen MR) is 70.4 cm³/mol. The van der Waals surface area contributed by atoms with Crippen LogP contribution in [0.25, 0.3) is 0 Å². The van der Waals surface area contributed by atoms with Crippen molar-refractivity contribution in [3.63, 3.8) is 0 Å². The maximum Gasteiger partial charge on any atom is 0.431 e. The molecule has 2 aliphatic heterocycles. The Morgan fingerprint density at radius 3 is 2.50 bits per heavy atom. The molecule has 112 valence electrons. The lowest BCUT2D eigenvalue weighted by molar-refractivity contribution is -0.145. The minimum absolute atomic E-state index is 0.106. The topological polar surface area (TPSA) is 20.2 Å². The first kappa shape index (κ1) is 13.9. The molecule has 0 unspecified atom stereocenters. The van der Waals surface area contributed by atoms with Crippen LogP contribution in [0.5, 0.6) is 0 Å². The summed E-state index contributed by atoms with van der Waals surface area (Å²) in [7, 11) is 2.04. The Morgan fingerprint density at radius 1 is 1.25 bits per heavy atom. The second-order valence-electron chi connectivity index (χ2n) is 5.95. The van der Waals surface area contributed by atoms with Crippen LogP contribution in [-0.2, 0) is 18.3 Å². The molecule has 1 atom stereocenters. The Bertz CT molecular complexity index is 500. The number of piperidine rings is 1. The molecule has 1 saturated heterocycles. The molecular formula is C14H20F3N3. The fourth-order valence-electron chi connectivity index (χ4n) is 3.76. The monoisotopic (exact) mass is 287 g/mol. The molecule has 3 nitrogen and oxygen atoms in total. The van der Waals surface area contributed by atoms with Crippen molar-refractivity contribution >= 4 is 0 Å². The number of nitrogens with one attached hydrogen (secondary N) is 1.